The van der Waals surface area contributed by atoms with Crippen LogP contribution in [0.4, 0.5) is 0 Å². The van der Waals surface area contributed by atoms with Crippen LogP contribution in [0.5, 0.6) is 5.75 Å². The smallest absolute Gasteiger partial charge is 0.331 e. The van der Waals surface area contributed by atoms with E-state index in [1.807, 2.05) is 36.4 Å². The van der Waals surface area contributed by atoms with Crippen molar-refractivity contribution in [1.29, 1.82) is 5.26 Å². The molecule has 0 aliphatic heterocycles. The van der Waals surface area contributed by atoms with E-state index in [1.165, 1.54) is 11.0 Å². The van der Waals surface area contributed by atoms with Crippen LogP contribution in [-0.2, 0) is 14.3 Å². The van der Waals surface area contributed by atoms with Crippen LogP contribution in [0.2, 0.25) is 0 Å². The van der Waals surface area contributed by atoms with Crippen LogP contribution >= 0.6 is 0 Å². The van der Waals surface area contributed by atoms with Crippen molar-refractivity contribution in [2.24, 2.45) is 0 Å². The quantitative estimate of drug-likeness (QED) is 0.533. The van der Waals surface area contributed by atoms with Gasteiger partial charge >= 0.3 is 5.97 Å². The summed E-state index contributed by atoms with van der Waals surface area (Å²) >= 11 is 0. The lowest BCUT2D eigenvalue weighted by atomic mass is 9.81. The molecule has 2 aromatic rings. The number of likely N-dealkylation sites (N-methyl/N-ethyl adjacent to an activating group) is 1. The van der Waals surface area contributed by atoms with Gasteiger partial charge in [0.25, 0.3) is 5.91 Å². The number of rotatable bonds is 6. The Morgan fingerprint density at radius 2 is 1.83 bits per heavy atom. The fourth-order valence-electron chi connectivity index (χ4n) is 3.81. The summed E-state index contributed by atoms with van der Waals surface area (Å²) in [7, 11) is 3.24. The normalized spacial score (nSPS) is 15.5. The third-order valence-electron chi connectivity index (χ3n) is 5.73. The zero-order valence-corrected chi connectivity index (χ0v) is 17.4. The van der Waals surface area contributed by atoms with Gasteiger partial charge in [0.1, 0.15) is 11.3 Å². The summed E-state index contributed by atoms with van der Waals surface area (Å²) in [6.45, 7) is -0.374. The number of esters is 1. The van der Waals surface area contributed by atoms with Gasteiger partial charge in [0.2, 0.25) is 0 Å². The maximum Gasteiger partial charge on any atom is 0.331 e. The maximum atomic E-state index is 12.4. The lowest BCUT2D eigenvalue weighted by Gasteiger charge is -2.38. The highest BCUT2D eigenvalue weighted by atomic mass is 16.5. The van der Waals surface area contributed by atoms with E-state index in [9.17, 15) is 14.9 Å². The molecule has 1 aliphatic rings. The SMILES string of the molecule is COc1ccc2cc(/C=C/C(=O)OCC(=O)N(C)C3(C#N)CCCCC3)ccc2c1. The standard InChI is InChI=1S/C24H26N2O4/c1-26(24(17-25)12-4-3-5-13-24)22(27)16-30-23(28)11-7-18-6-8-20-15-21(29-2)10-9-19(20)14-18/h6-11,14-15H,3-5,12-13,16H2,1-2H3/b11-7+. The molecule has 0 atom stereocenters. The summed E-state index contributed by atoms with van der Waals surface area (Å²) in [5.41, 5.74) is 0.0597. The topological polar surface area (TPSA) is 79.6 Å². The van der Waals surface area contributed by atoms with Crippen LogP contribution in [0.3, 0.4) is 0 Å². The molecule has 0 saturated heterocycles. The lowest BCUT2D eigenvalue weighted by molar-refractivity contribution is -0.150. The molecule has 0 spiro atoms. The number of hydrogen-bond acceptors (Lipinski definition) is 5. The minimum Gasteiger partial charge on any atom is -0.497 e. The molecule has 0 unspecified atom stereocenters. The largest absolute Gasteiger partial charge is 0.497 e. The van der Waals surface area contributed by atoms with Crippen molar-refractivity contribution in [2.45, 2.75) is 37.6 Å². The van der Waals surface area contributed by atoms with Gasteiger partial charge < -0.3 is 14.4 Å². The summed E-state index contributed by atoms with van der Waals surface area (Å²) in [5.74, 6) is -0.170. The van der Waals surface area contributed by atoms with Gasteiger partial charge in [-0.25, -0.2) is 4.79 Å². The molecule has 0 N–H and O–H groups in total. The Hall–Kier alpha value is -3.33. The van der Waals surface area contributed by atoms with Crippen molar-refractivity contribution in [3.05, 3.63) is 48.0 Å². The van der Waals surface area contributed by atoms with Gasteiger partial charge in [-0.3, -0.25) is 4.79 Å². The van der Waals surface area contributed by atoms with Crippen LogP contribution in [-0.4, -0.2) is 43.1 Å². The van der Waals surface area contributed by atoms with E-state index in [4.69, 9.17) is 9.47 Å². The number of ether oxygens (including phenoxy) is 2. The molecule has 6 nitrogen and oxygen atoms in total. The van der Waals surface area contributed by atoms with Gasteiger partial charge in [-0.05, 0) is 53.5 Å². The molecule has 0 bridgehead atoms. The Bertz CT molecular complexity index is 1000. The van der Waals surface area contributed by atoms with E-state index in [0.29, 0.717) is 12.8 Å². The zero-order valence-electron chi connectivity index (χ0n) is 17.4. The summed E-state index contributed by atoms with van der Waals surface area (Å²) in [4.78, 5) is 25.9. The first kappa shape index (κ1) is 21.4. The van der Waals surface area contributed by atoms with Gasteiger partial charge in [0, 0.05) is 13.1 Å². The van der Waals surface area contributed by atoms with Crippen LogP contribution in [0, 0.1) is 11.3 Å². The number of carbonyl (C=O) groups is 2. The first-order chi connectivity index (χ1) is 14.5. The lowest BCUT2D eigenvalue weighted by Crippen LogP contribution is -2.51. The van der Waals surface area contributed by atoms with E-state index >= 15 is 0 Å². The molecule has 2 aromatic carbocycles. The second-order valence-corrected chi connectivity index (χ2v) is 7.57. The molecule has 1 aliphatic carbocycles. The highest BCUT2D eigenvalue weighted by molar-refractivity contribution is 5.91. The van der Waals surface area contributed by atoms with E-state index in [0.717, 1.165) is 41.3 Å². The molecule has 30 heavy (non-hydrogen) atoms. The Kier molecular flexibility index (Phi) is 6.73. The number of fused-ring (bicyclic) bond motifs is 1. The van der Waals surface area contributed by atoms with Crippen molar-refractivity contribution >= 4 is 28.7 Å². The maximum absolute atomic E-state index is 12.4. The average molecular weight is 406 g/mol. The highest BCUT2D eigenvalue weighted by Crippen LogP contribution is 2.32. The monoisotopic (exact) mass is 406 g/mol. The molecular weight excluding hydrogens is 380 g/mol. The van der Waals surface area contributed by atoms with Crippen LogP contribution in [0.1, 0.15) is 37.7 Å². The molecule has 3 rings (SSSR count). The number of methoxy groups -OCH3 is 1. The zero-order chi connectivity index (χ0) is 21.6. The molecular formula is C24H26N2O4. The number of amides is 1. The van der Waals surface area contributed by atoms with E-state index in [1.54, 1.807) is 20.2 Å². The number of carbonyl (C=O) groups excluding carboxylic acids is 2. The van der Waals surface area contributed by atoms with E-state index in [-0.39, 0.29) is 12.5 Å². The minimum absolute atomic E-state index is 0.361. The van der Waals surface area contributed by atoms with Gasteiger partial charge in [-0.2, -0.15) is 5.26 Å². The highest BCUT2D eigenvalue weighted by Gasteiger charge is 2.38. The Labute approximate surface area is 176 Å². The van der Waals surface area contributed by atoms with Crippen molar-refractivity contribution in [2.75, 3.05) is 20.8 Å². The number of benzene rings is 2. The second kappa shape index (κ2) is 9.45. The fraction of sp³-hybridized carbons (Fsp3) is 0.375. The predicted octanol–water partition coefficient (Wildman–Crippen LogP) is 4.09. The predicted molar refractivity (Wildman–Crippen MR) is 115 cm³/mol. The van der Waals surface area contributed by atoms with E-state index < -0.39 is 11.5 Å². The van der Waals surface area contributed by atoms with Crippen LogP contribution in [0.15, 0.2) is 42.5 Å². The average Bonchev–Trinajstić information content (AvgIpc) is 2.80. The second-order valence-electron chi connectivity index (χ2n) is 7.57. The Morgan fingerprint density at radius 1 is 1.13 bits per heavy atom. The number of nitrogens with zero attached hydrogens (tertiary/aromatic N) is 2. The third-order valence-corrected chi connectivity index (χ3v) is 5.73. The molecule has 1 fully saturated rings. The van der Waals surface area contributed by atoms with Gasteiger partial charge in [0.15, 0.2) is 6.61 Å². The summed E-state index contributed by atoms with van der Waals surface area (Å²) in [5, 5.41) is 11.6. The molecule has 6 heteroatoms. The summed E-state index contributed by atoms with van der Waals surface area (Å²) < 4.78 is 10.3. The van der Waals surface area contributed by atoms with Crippen molar-refractivity contribution in [3.63, 3.8) is 0 Å². The molecule has 156 valence electrons. The van der Waals surface area contributed by atoms with Crippen molar-refractivity contribution < 1.29 is 19.1 Å². The fourth-order valence-corrected chi connectivity index (χ4v) is 3.81. The third kappa shape index (κ3) is 4.80. The van der Waals surface area contributed by atoms with Crippen molar-refractivity contribution in [3.8, 4) is 11.8 Å². The molecule has 0 heterocycles. The first-order valence-corrected chi connectivity index (χ1v) is 10.1. The van der Waals surface area contributed by atoms with Crippen molar-refractivity contribution in [1.82, 2.24) is 4.90 Å². The minimum atomic E-state index is -0.786. The Morgan fingerprint density at radius 3 is 2.53 bits per heavy atom. The van der Waals surface area contributed by atoms with Gasteiger partial charge in [-0.15, -0.1) is 0 Å². The van der Waals surface area contributed by atoms with E-state index in [2.05, 4.69) is 6.07 Å². The molecule has 1 amide bonds. The number of hydrogen-bond donors (Lipinski definition) is 0. The van der Waals surface area contributed by atoms with Gasteiger partial charge in [0.05, 0.1) is 13.2 Å². The first-order valence-electron chi connectivity index (χ1n) is 10.1. The van der Waals surface area contributed by atoms with Crippen LogP contribution < -0.4 is 4.74 Å². The summed E-state index contributed by atoms with van der Waals surface area (Å²) in [6.07, 6.45) is 7.20. The van der Waals surface area contributed by atoms with Crippen LogP contribution in [0.25, 0.3) is 16.8 Å². The Balaban J connectivity index is 1.57. The molecule has 0 aromatic heterocycles. The van der Waals surface area contributed by atoms with Gasteiger partial charge in [-0.1, -0.05) is 37.5 Å². The molecule has 1 saturated carbocycles. The number of nitriles is 1. The molecule has 0 radical (unpaired) electrons. The summed E-state index contributed by atoms with van der Waals surface area (Å²) in [6, 6.07) is 13.9.